The van der Waals surface area contributed by atoms with Crippen molar-refractivity contribution in [3.63, 3.8) is 0 Å². The molecule has 4 nitrogen and oxygen atoms in total. The SMILES string of the molecule is Cc1cnn2ccc(N3CCCC3C)nc12. The number of hydrogen-bond acceptors (Lipinski definition) is 3. The van der Waals surface area contributed by atoms with Gasteiger partial charge >= 0.3 is 0 Å². The van der Waals surface area contributed by atoms with E-state index in [1.54, 1.807) is 0 Å². The lowest BCUT2D eigenvalue weighted by atomic mass is 10.2. The number of aromatic nitrogens is 3. The van der Waals surface area contributed by atoms with Gasteiger partial charge in [0, 0.05) is 24.3 Å². The molecule has 4 heteroatoms. The second-order valence-corrected chi connectivity index (χ2v) is 4.57. The molecular formula is C12H16N4. The van der Waals surface area contributed by atoms with Gasteiger partial charge in [-0.3, -0.25) is 0 Å². The van der Waals surface area contributed by atoms with Crippen molar-refractivity contribution in [1.29, 1.82) is 0 Å². The van der Waals surface area contributed by atoms with Crippen molar-refractivity contribution >= 4 is 11.5 Å². The Hall–Kier alpha value is -1.58. The first-order chi connectivity index (χ1) is 7.75. The van der Waals surface area contributed by atoms with Gasteiger partial charge in [-0.1, -0.05) is 0 Å². The highest BCUT2D eigenvalue weighted by Gasteiger charge is 2.21. The Labute approximate surface area is 94.9 Å². The summed E-state index contributed by atoms with van der Waals surface area (Å²) in [6.07, 6.45) is 6.40. The Balaban J connectivity index is 2.07. The van der Waals surface area contributed by atoms with Crippen LogP contribution >= 0.6 is 0 Å². The van der Waals surface area contributed by atoms with Gasteiger partial charge < -0.3 is 4.90 Å². The van der Waals surface area contributed by atoms with E-state index in [9.17, 15) is 0 Å². The van der Waals surface area contributed by atoms with Crippen LogP contribution in [-0.2, 0) is 0 Å². The maximum Gasteiger partial charge on any atom is 0.160 e. The van der Waals surface area contributed by atoms with Crippen LogP contribution in [0, 0.1) is 6.92 Å². The lowest BCUT2D eigenvalue weighted by molar-refractivity contribution is 0.726. The summed E-state index contributed by atoms with van der Waals surface area (Å²) in [5, 5.41) is 4.24. The van der Waals surface area contributed by atoms with Crippen LogP contribution in [0.2, 0.25) is 0 Å². The summed E-state index contributed by atoms with van der Waals surface area (Å²) in [4.78, 5) is 7.07. The third kappa shape index (κ3) is 1.37. The first-order valence-electron chi connectivity index (χ1n) is 5.83. The first-order valence-corrected chi connectivity index (χ1v) is 5.83. The van der Waals surface area contributed by atoms with Crippen molar-refractivity contribution in [3.8, 4) is 0 Å². The van der Waals surface area contributed by atoms with Gasteiger partial charge in [0.25, 0.3) is 0 Å². The minimum absolute atomic E-state index is 0.609. The molecule has 0 aliphatic carbocycles. The van der Waals surface area contributed by atoms with E-state index in [0.717, 1.165) is 23.6 Å². The van der Waals surface area contributed by atoms with Gasteiger partial charge in [0.1, 0.15) is 5.82 Å². The zero-order valence-electron chi connectivity index (χ0n) is 9.72. The number of anilines is 1. The van der Waals surface area contributed by atoms with Crippen molar-refractivity contribution in [2.24, 2.45) is 0 Å². The topological polar surface area (TPSA) is 33.4 Å². The molecule has 1 unspecified atom stereocenters. The Morgan fingerprint density at radius 3 is 3.06 bits per heavy atom. The average Bonchev–Trinajstić information content (AvgIpc) is 2.86. The van der Waals surface area contributed by atoms with Gasteiger partial charge in [0.2, 0.25) is 0 Å². The number of aryl methyl sites for hydroxylation is 1. The van der Waals surface area contributed by atoms with E-state index in [1.165, 1.54) is 12.8 Å². The van der Waals surface area contributed by atoms with Crippen molar-refractivity contribution in [2.75, 3.05) is 11.4 Å². The summed E-state index contributed by atoms with van der Waals surface area (Å²) < 4.78 is 1.83. The molecule has 1 saturated heterocycles. The molecule has 0 amide bonds. The zero-order valence-corrected chi connectivity index (χ0v) is 9.72. The molecule has 2 aromatic rings. The number of hydrogen-bond donors (Lipinski definition) is 0. The molecule has 0 bridgehead atoms. The van der Waals surface area contributed by atoms with Crippen molar-refractivity contribution in [1.82, 2.24) is 14.6 Å². The normalized spacial score (nSPS) is 20.9. The van der Waals surface area contributed by atoms with Crippen LogP contribution in [0.5, 0.6) is 0 Å². The molecule has 84 valence electrons. The summed E-state index contributed by atoms with van der Waals surface area (Å²) in [7, 11) is 0. The van der Waals surface area contributed by atoms with Crippen LogP contribution in [0.4, 0.5) is 5.82 Å². The highest BCUT2D eigenvalue weighted by atomic mass is 15.3. The Morgan fingerprint density at radius 2 is 2.31 bits per heavy atom. The quantitative estimate of drug-likeness (QED) is 0.731. The van der Waals surface area contributed by atoms with Crippen molar-refractivity contribution in [2.45, 2.75) is 32.7 Å². The molecule has 0 spiro atoms. The second kappa shape index (κ2) is 3.47. The zero-order chi connectivity index (χ0) is 11.1. The Morgan fingerprint density at radius 1 is 1.44 bits per heavy atom. The summed E-state index contributed by atoms with van der Waals surface area (Å²) in [6, 6.07) is 2.67. The fraction of sp³-hybridized carbons (Fsp3) is 0.500. The molecule has 1 aliphatic rings. The maximum absolute atomic E-state index is 4.69. The molecular weight excluding hydrogens is 200 g/mol. The summed E-state index contributed by atoms with van der Waals surface area (Å²) >= 11 is 0. The minimum Gasteiger partial charge on any atom is -0.354 e. The first kappa shape index (κ1) is 9.63. The number of rotatable bonds is 1. The molecule has 0 saturated carbocycles. The van der Waals surface area contributed by atoms with Gasteiger partial charge in [-0.2, -0.15) is 5.10 Å². The van der Waals surface area contributed by atoms with E-state index in [-0.39, 0.29) is 0 Å². The van der Waals surface area contributed by atoms with Crippen LogP contribution in [0.1, 0.15) is 25.3 Å². The van der Waals surface area contributed by atoms with Gasteiger partial charge in [-0.05, 0) is 32.8 Å². The van der Waals surface area contributed by atoms with Crippen molar-refractivity contribution in [3.05, 3.63) is 24.0 Å². The third-order valence-electron chi connectivity index (χ3n) is 3.38. The van der Waals surface area contributed by atoms with Gasteiger partial charge in [-0.15, -0.1) is 0 Å². The fourth-order valence-corrected chi connectivity index (χ4v) is 2.41. The van der Waals surface area contributed by atoms with Gasteiger partial charge in [0.05, 0.1) is 6.20 Å². The Bertz CT molecular complexity index is 517. The summed E-state index contributed by atoms with van der Waals surface area (Å²) in [5.74, 6) is 1.08. The Kier molecular flexibility index (Phi) is 2.09. The van der Waals surface area contributed by atoms with E-state index < -0.39 is 0 Å². The summed E-state index contributed by atoms with van der Waals surface area (Å²) in [6.45, 7) is 5.44. The van der Waals surface area contributed by atoms with Crippen LogP contribution in [0.25, 0.3) is 5.65 Å². The van der Waals surface area contributed by atoms with Crippen LogP contribution < -0.4 is 4.90 Å². The minimum atomic E-state index is 0.609. The molecule has 0 radical (unpaired) electrons. The van der Waals surface area contributed by atoms with Crippen LogP contribution in [-0.4, -0.2) is 27.2 Å². The third-order valence-corrected chi connectivity index (χ3v) is 3.38. The van der Waals surface area contributed by atoms with E-state index in [1.807, 2.05) is 23.8 Å². The maximum atomic E-state index is 4.69. The lowest BCUT2D eigenvalue weighted by Crippen LogP contribution is -2.27. The monoisotopic (exact) mass is 216 g/mol. The predicted molar refractivity (Wildman–Crippen MR) is 63.8 cm³/mol. The van der Waals surface area contributed by atoms with Crippen LogP contribution in [0.15, 0.2) is 18.5 Å². The van der Waals surface area contributed by atoms with E-state index >= 15 is 0 Å². The fourth-order valence-electron chi connectivity index (χ4n) is 2.41. The molecule has 0 aromatic carbocycles. The number of nitrogens with zero attached hydrogens (tertiary/aromatic N) is 4. The largest absolute Gasteiger partial charge is 0.354 e. The standard InChI is InChI=1S/C12H16N4/c1-9-8-13-16-7-5-11(14-12(9)16)15-6-3-4-10(15)2/h5,7-8,10H,3-4,6H2,1-2H3. The molecule has 1 atom stereocenters. The van der Waals surface area contributed by atoms with Gasteiger partial charge in [0.15, 0.2) is 5.65 Å². The molecule has 1 fully saturated rings. The molecule has 3 rings (SSSR count). The highest BCUT2D eigenvalue weighted by molar-refractivity contribution is 5.52. The van der Waals surface area contributed by atoms with E-state index in [2.05, 4.69) is 23.0 Å². The van der Waals surface area contributed by atoms with E-state index in [0.29, 0.717) is 6.04 Å². The molecule has 3 heterocycles. The lowest BCUT2D eigenvalue weighted by Gasteiger charge is -2.22. The van der Waals surface area contributed by atoms with Crippen LogP contribution in [0.3, 0.4) is 0 Å². The molecule has 1 aliphatic heterocycles. The number of fused-ring (bicyclic) bond motifs is 1. The molecule has 16 heavy (non-hydrogen) atoms. The second-order valence-electron chi connectivity index (χ2n) is 4.57. The predicted octanol–water partition coefficient (Wildman–Crippen LogP) is 2.03. The average molecular weight is 216 g/mol. The molecule has 2 aromatic heterocycles. The van der Waals surface area contributed by atoms with Crippen molar-refractivity contribution < 1.29 is 0 Å². The highest BCUT2D eigenvalue weighted by Crippen LogP contribution is 2.24. The summed E-state index contributed by atoms with van der Waals surface area (Å²) in [5.41, 5.74) is 2.10. The van der Waals surface area contributed by atoms with E-state index in [4.69, 9.17) is 4.98 Å². The van der Waals surface area contributed by atoms with Gasteiger partial charge in [-0.25, -0.2) is 9.50 Å². The molecule has 0 N–H and O–H groups in total. The smallest absolute Gasteiger partial charge is 0.160 e.